The Balaban J connectivity index is 3.29. The standard InChI is InChI=1S/C7H5F4NO/c8-5-1-3(6(9)10)4(2-13)7(11)12-5/h1,6,13H,2H2. The molecular weight excluding hydrogens is 190 g/mol. The number of halogens is 4. The van der Waals surface area contributed by atoms with E-state index in [2.05, 4.69) is 4.98 Å². The van der Waals surface area contributed by atoms with Gasteiger partial charge in [0.1, 0.15) is 0 Å². The second kappa shape index (κ2) is 3.69. The topological polar surface area (TPSA) is 33.1 Å². The third kappa shape index (κ3) is 1.95. The van der Waals surface area contributed by atoms with E-state index in [9.17, 15) is 17.6 Å². The van der Waals surface area contributed by atoms with Crippen molar-refractivity contribution in [3.63, 3.8) is 0 Å². The van der Waals surface area contributed by atoms with Gasteiger partial charge in [-0.1, -0.05) is 0 Å². The zero-order valence-corrected chi connectivity index (χ0v) is 6.27. The first-order valence-corrected chi connectivity index (χ1v) is 3.30. The minimum absolute atomic E-state index is 0.402. The molecule has 2 nitrogen and oxygen atoms in total. The molecule has 1 aromatic heterocycles. The zero-order chi connectivity index (χ0) is 10.0. The van der Waals surface area contributed by atoms with Crippen LogP contribution in [0.25, 0.3) is 0 Å². The molecule has 0 spiro atoms. The van der Waals surface area contributed by atoms with Crippen molar-refractivity contribution in [1.29, 1.82) is 0 Å². The molecular formula is C7H5F4NO. The average Bonchev–Trinajstić information content (AvgIpc) is 2.02. The number of aromatic nitrogens is 1. The number of alkyl halides is 2. The molecule has 1 rings (SSSR count). The summed E-state index contributed by atoms with van der Waals surface area (Å²) >= 11 is 0. The summed E-state index contributed by atoms with van der Waals surface area (Å²) in [6.07, 6.45) is -3.03. The summed E-state index contributed by atoms with van der Waals surface area (Å²) in [5.74, 6) is -2.73. The number of rotatable bonds is 2. The van der Waals surface area contributed by atoms with Crippen LogP contribution in [0, 0.1) is 11.9 Å². The Kier molecular flexibility index (Phi) is 2.82. The van der Waals surface area contributed by atoms with Crippen molar-refractivity contribution in [2.45, 2.75) is 13.0 Å². The highest BCUT2D eigenvalue weighted by atomic mass is 19.3. The predicted octanol–water partition coefficient (Wildman–Crippen LogP) is 1.79. The van der Waals surface area contributed by atoms with Gasteiger partial charge in [-0.15, -0.1) is 0 Å². The average molecular weight is 195 g/mol. The monoisotopic (exact) mass is 195 g/mol. The molecule has 0 bridgehead atoms. The molecule has 1 aromatic rings. The Labute approximate surface area is 70.8 Å². The molecule has 0 radical (unpaired) electrons. The third-order valence-electron chi connectivity index (χ3n) is 1.47. The van der Waals surface area contributed by atoms with Gasteiger partial charge in [0.25, 0.3) is 6.43 Å². The lowest BCUT2D eigenvalue weighted by Gasteiger charge is -2.06. The molecule has 0 saturated heterocycles. The van der Waals surface area contributed by atoms with Crippen LogP contribution in [0.1, 0.15) is 17.6 Å². The lowest BCUT2D eigenvalue weighted by molar-refractivity contribution is 0.144. The van der Waals surface area contributed by atoms with Gasteiger partial charge in [0.05, 0.1) is 6.61 Å². The van der Waals surface area contributed by atoms with Gasteiger partial charge >= 0.3 is 0 Å². The van der Waals surface area contributed by atoms with Gasteiger partial charge in [-0.2, -0.15) is 13.8 Å². The van der Waals surface area contributed by atoms with E-state index in [1.807, 2.05) is 0 Å². The smallest absolute Gasteiger partial charge is 0.264 e. The Hall–Kier alpha value is -1.17. The SMILES string of the molecule is OCc1c(C(F)F)cc(F)nc1F. The highest BCUT2D eigenvalue weighted by Gasteiger charge is 2.18. The lowest BCUT2D eigenvalue weighted by atomic mass is 10.1. The zero-order valence-electron chi connectivity index (χ0n) is 6.27. The lowest BCUT2D eigenvalue weighted by Crippen LogP contribution is -2.03. The Morgan fingerprint density at radius 1 is 1.38 bits per heavy atom. The van der Waals surface area contributed by atoms with Crippen molar-refractivity contribution < 1.29 is 22.7 Å². The van der Waals surface area contributed by atoms with Crippen molar-refractivity contribution in [3.8, 4) is 0 Å². The van der Waals surface area contributed by atoms with E-state index in [1.165, 1.54) is 0 Å². The van der Waals surface area contributed by atoms with Crippen LogP contribution in [0.5, 0.6) is 0 Å². The normalized spacial score (nSPS) is 10.9. The minimum Gasteiger partial charge on any atom is -0.391 e. The summed E-state index contributed by atoms with van der Waals surface area (Å²) in [5, 5.41) is 8.50. The summed E-state index contributed by atoms with van der Waals surface area (Å²) in [7, 11) is 0. The summed E-state index contributed by atoms with van der Waals surface area (Å²) in [5.41, 5.74) is -1.54. The maximum absolute atomic E-state index is 12.6. The molecule has 0 saturated carbocycles. The molecule has 72 valence electrons. The van der Waals surface area contributed by atoms with E-state index < -0.39 is 36.1 Å². The number of pyridine rings is 1. The van der Waals surface area contributed by atoms with E-state index in [1.54, 1.807) is 0 Å². The molecule has 0 aromatic carbocycles. The van der Waals surface area contributed by atoms with Crippen LogP contribution < -0.4 is 0 Å². The van der Waals surface area contributed by atoms with Crippen LogP contribution in [0.3, 0.4) is 0 Å². The Morgan fingerprint density at radius 3 is 2.46 bits per heavy atom. The maximum Gasteiger partial charge on any atom is 0.264 e. The summed E-state index contributed by atoms with van der Waals surface area (Å²) in [4.78, 5) is 2.66. The third-order valence-corrected chi connectivity index (χ3v) is 1.47. The van der Waals surface area contributed by atoms with Crippen molar-refractivity contribution in [2.75, 3.05) is 0 Å². The van der Waals surface area contributed by atoms with Crippen LogP contribution in [-0.4, -0.2) is 10.1 Å². The highest BCUT2D eigenvalue weighted by molar-refractivity contribution is 5.25. The second-order valence-corrected chi connectivity index (χ2v) is 2.26. The fraction of sp³-hybridized carbons (Fsp3) is 0.286. The Bertz CT molecular complexity index is 316. The molecule has 1 N–H and O–H groups in total. The van der Waals surface area contributed by atoms with Gasteiger partial charge in [-0.25, -0.2) is 8.78 Å². The molecule has 0 amide bonds. The fourth-order valence-electron chi connectivity index (χ4n) is 0.879. The first-order chi connectivity index (χ1) is 6.06. The van der Waals surface area contributed by atoms with Crippen LogP contribution in [0.15, 0.2) is 6.07 Å². The molecule has 0 aliphatic rings. The van der Waals surface area contributed by atoms with Crippen molar-refractivity contribution in [3.05, 3.63) is 29.1 Å². The van der Waals surface area contributed by atoms with Gasteiger partial charge in [0, 0.05) is 17.2 Å². The van der Waals surface area contributed by atoms with Crippen molar-refractivity contribution in [1.82, 2.24) is 4.98 Å². The van der Waals surface area contributed by atoms with Crippen LogP contribution in [0.2, 0.25) is 0 Å². The minimum atomic E-state index is -3.03. The first-order valence-electron chi connectivity index (χ1n) is 3.30. The quantitative estimate of drug-likeness (QED) is 0.576. The van der Waals surface area contributed by atoms with Gasteiger partial charge in [-0.3, -0.25) is 0 Å². The molecule has 0 unspecified atom stereocenters. The van der Waals surface area contributed by atoms with Gasteiger partial charge in [0.2, 0.25) is 11.9 Å². The van der Waals surface area contributed by atoms with Gasteiger partial charge in [0.15, 0.2) is 0 Å². The summed E-state index contributed by atoms with van der Waals surface area (Å²) < 4.78 is 49.2. The van der Waals surface area contributed by atoms with Crippen molar-refractivity contribution in [2.24, 2.45) is 0 Å². The number of nitrogens with zero attached hydrogens (tertiary/aromatic N) is 1. The van der Waals surface area contributed by atoms with Gasteiger partial charge in [-0.05, 0) is 0 Å². The van der Waals surface area contributed by atoms with E-state index in [0.29, 0.717) is 6.07 Å². The molecule has 13 heavy (non-hydrogen) atoms. The van der Waals surface area contributed by atoms with Crippen LogP contribution in [0.4, 0.5) is 17.6 Å². The molecule has 6 heteroatoms. The predicted molar refractivity (Wildman–Crippen MR) is 35.0 cm³/mol. The molecule has 0 aliphatic heterocycles. The molecule has 0 atom stereocenters. The fourth-order valence-corrected chi connectivity index (χ4v) is 0.879. The first kappa shape index (κ1) is 9.91. The largest absolute Gasteiger partial charge is 0.391 e. The number of hydrogen-bond acceptors (Lipinski definition) is 2. The maximum atomic E-state index is 12.6. The molecule has 1 heterocycles. The number of aliphatic hydroxyl groups is 1. The van der Waals surface area contributed by atoms with Crippen molar-refractivity contribution >= 4 is 0 Å². The molecule has 0 aliphatic carbocycles. The van der Waals surface area contributed by atoms with E-state index in [0.717, 1.165) is 0 Å². The second-order valence-electron chi connectivity index (χ2n) is 2.26. The van der Waals surface area contributed by atoms with Gasteiger partial charge < -0.3 is 5.11 Å². The summed E-state index contributed by atoms with van der Waals surface area (Å²) in [6.45, 7) is -0.932. The number of aliphatic hydroxyl groups excluding tert-OH is 1. The van der Waals surface area contributed by atoms with E-state index >= 15 is 0 Å². The van der Waals surface area contributed by atoms with E-state index in [-0.39, 0.29) is 0 Å². The van der Waals surface area contributed by atoms with Crippen LogP contribution in [-0.2, 0) is 6.61 Å². The molecule has 0 fully saturated rings. The van der Waals surface area contributed by atoms with E-state index in [4.69, 9.17) is 5.11 Å². The van der Waals surface area contributed by atoms with Crippen LogP contribution >= 0.6 is 0 Å². The highest BCUT2D eigenvalue weighted by Crippen LogP contribution is 2.24. The number of hydrogen-bond donors (Lipinski definition) is 1. The Morgan fingerprint density at radius 2 is 2.00 bits per heavy atom. The summed E-state index contributed by atoms with van der Waals surface area (Å²) in [6, 6.07) is 0.402.